The van der Waals surface area contributed by atoms with Crippen LogP contribution in [0, 0.1) is 33.5 Å². The summed E-state index contributed by atoms with van der Waals surface area (Å²) in [5.41, 5.74) is -4.70. The summed E-state index contributed by atoms with van der Waals surface area (Å²) in [6.07, 6.45) is 4.98. The zero-order chi connectivity index (χ0) is 28.9. The molecule has 0 spiro atoms. The Hall–Kier alpha value is -3.07. The number of carbonyl (C=O) groups is 5. The fourth-order valence-electron chi connectivity index (χ4n) is 9.04. The van der Waals surface area contributed by atoms with Gasteiger partial charge in [0.1, 0.15) is 6.10 Å². The van der Waals surface area contributed by atoms with Gasteiger partial charge in [-0.2, -0.15) is 0 Å². The number of aliphatic hydroxyl groups is 1. The molecule has 210 valence electrons. The molecule has 2 saturated carbocycles. The van der Waals surface area contributed by atoms with Crippen molar-refractivity contribution in [1.29, 1.82) is 0 Å². The number of allylic oxidation sites excluding steroid dienone is 2. The lowest BCUT2D eigenvalue weighted by atomic mass is 9.38. The molecule has 4 aliphatic carbocycles. The first-order chi connectivity index (χ1) is 18.0. The summed E-state index contributed by atoms with van der Waals surface area (Å²) in [6.45, 7) is 12.3. The summed E-state index contributed by atoms with van der Waals surface area (Å²) in [5, 5.41) is 10.7. The van der Waals surface area contributed by atoms with Crippen LogP contribution in [0.15, 0.2) is 35.5 Å². The van der Waals surface area contributed by atoms with E-state index in [0.717, 1.165) is 6.08 Å². The first kappa shape index (κ1) is 27.5. The van der Waals surface area contributed by atoms with Crippen LogP contribution >= 0.6 is 0 Å². The molecule has 0 aromatic heterocycles. The van der Waals surface area contributed by atoms with E-state index in [2.05, 4.69) is 6.92 Å². The predicted molar refractivity (Wildman–Crippen MR) is 136 cm³/mol. The fourth-order valence-corrected chi connectivity index (χ4v) is 9.04. The number of rotatable bonds is 3. The van der Waals surface area contributed by atoms with E-state index in [0.29, 0.717) is 24.8 Å². The van der Waals surface area contributed by atoms with Gasteiger partial charge >= 0.3 is 17.9 Å². The number of hydrogen-bond donors (Lipinski definition) is 1. The molecule has 0 amide bonds. The molecule has 0 aromatic rings. The van der Waals surface area contributed by atoms with Crippen molar-refractivity contribution >= 4 is 29.5 Å². The van der Waals surface area contributed by atoms with Crippen molar-refractivity contribution in [3.8, 4) is 0 Å². The Morgan fingerprint density at radius 1 is 0.974 bits per heavy atom. The molecule has 1 heterocycles. The molecule has 2 fully saturated rings. The van der Waals surface area contributed by atoms with Crippen molar-refractivity contribution < 1.29 is 43.3 Å². The highest BCUT2D eigenvalue weighted by Gasteiger charge is 2.75. The number of cyclic esters (lactones) is 1. The average Bonchev–Trinajstić information content (AvgIpc) is 3.26. The van der Waals surface area contributed by atoms with Crippen molar-refractivity contribution in [2.75, 3.05) is 0 Å². The zero-order valence-corrected chi connectivity index (χ0v) is 23.5. The van der Waals surface area contributed by atoms with Crippen molar-refractivity contribution in [3.05, 3.63) is 35.5 Å². The highest BCUT2D eigenvalue weighted by molar-refractivity contribution is 6.08. The van der Waals surface area contributed by atoms with Gasteiger partial charge in [0.05, 0.1) is 5.57 Å². The first-order valence-electron chi connectivity index (χ1n) is 13.4. The lowest BCUT2D eigenvalue weighted by Crippen LogP contribution is -2.66. The molecule has 8 unspecified atom stereocenters. The molecule has 39 heavy (non-hydrogen) atoms. The van der Waals surface area contributed by atoms with E-state index in [9.17, 15) is 29.1 Å². The largest absolute Gasteiger partial charge is 0.462 e. The number of hydrogen-bond acceptors (Lipinski definition) is 9. The topological polar surface area (TPSA) is 133 Å². The van der Waals surface area contributed by atoms with Gasteiger partial charge in [-0.1, -0.05) is 40.7 Å². The molecular formula is C30H36O9. The van der Waals surface area contributed by atoms with Crippen LogP contribution in [0.3, 0.4) is 0 Å². The Bertz CT molecular complexity index is 1300. The second kappa shape index (κ2) is 8.22. The minimum Gasteiger partial charge on any atom is -0.462 e. The second-order valence-electron chi connectivity index (χ2n) is 13.0. The van der Waals surface area contributed by atoms with Crippen LogP contribution in [0.2, 0.25) is 0 Å². The van der Waals surface area contributed by atoms with E-state index in [1.54, 1.807) is 13.0 Å². The molecule has 9 nitrogen and oxygen atoms in total. The summed E-state index contributed by atoms with van der Waals surface area (Å²) >= 11 is 0. The number of fused-ring (bicyclic) bond motifs is 5. The summed E-state index contributed by atoms with van der Waals surface area (Å²) in [4.78, 5) is 64.1. The smallest absolute Gasteiger partial charge is 0.333 e. The maximum atomic E-state index is 14.1. The Labute approximate surface area is 227 Å². The predicted octanol–water partition coefficient (Wildman–Crippen LogP) is 3.14. The first-order valence-corrected chi connectivity index (χ1v) is 13.4. The van der Waals surface area contributed by atoms with Gasteiger partial charge in [-0.25, -0.2) is 4.79 Å². The van der Waals surface area contributed by atoms with Gasteiger partial charge in [-0.3, -0.25) is 19.2 Å². The molecule has 1 N–H and O–H groups in total. The maximum Gasteiger partial charge on any atom is 0.333 e. The van der Waals surface area contributed by atoms with E-state index in [1.165, 1.54) is 19.9 Å². The summed E-state index contributed by atoms with van der Waals surface area (Å²) in [7, 11) is 0. The van der Waals surface area contributed by atoms with Crippen LogP contribution in [0.25, 0.3) is 0 Å². The lowest BCUT2D eigenvalue weighted by molar-refractivity contribution is -0.198. The second-order valence-corrected chi connectivity index (χ2v) is 13.0. The molecule has 0 radical (unpaired) electrons. The number of ketones is 2. The van der Waals surface area contributed by atoms with Crippen LogP contribution in [0.4, 0.5) is 0 Å². The highest BCUT2D eigenvalue weighted by atomic mass is 16.6. The molecular weight excluding hydrogens is 504 g/mol. The van der Waals surface area contributed by atoms with Gasteiger partial charge in [0.15, 0.2) is 5.78 Å². The van der Waals surface area contributed by atoms with Crippen LogP contribution < -0.4 is 0 Å². The lowest BCUT2D eigenvalue weighted by Gasteiger charge is -2.66. The third-order valence-electron chi connectivity index (χ3n) is 10.7. The van der Waals surface area contributed by atoms with Crippen LogP contribution in [0.5, 0.6) is 0 Å². The van der Waals surface area contributed by atoms with Crippen molar-refractivity contribution in [3.63, 3.8) is 0 Å². The average molecular weight is 541 g/mol. The van der Waals surface area contributed by atoms with Gasteiger partial charge < -0.3 is 19.3 Å². The van der Waals surface area contributed by atoms with Gasteiger partial charge in [-0.05, 0) is 54.2 Å². The molecule has 5 rings (SSSR count). The molecule has 9 heteroatoms. The third kappa shape index (κ3) is 3.31. The molecule has 5 aliphatic rings. The number of ether oxygens (including phenoxy) is 3. The molecule has 8 atom stereocenters. The Morgan fingerprint density at radius 2 is 1.64 bits per heavy atom. The zero-order valence-electron chi connectivity index (χ0n) is 23.5. The van der Waals surface area contributed by atoms with Gasteiger partial charge in [0, 0.05) is 36.2 Å². The van der Waals surface area contributed by atoms with Crippen LogP contribution in [-0.2, 0) is 38.2 Å². The molecule has 0 bridgehead atoms. The summed E-state index contributed by atoms with van der Waals surface area (Å²) in [6, 6.07) is 0. The normalized spacial score (nSPS) is 43.9. The van der Waals surface area contributed by atoms with E-state index in [1.807, 2.05) is 26.8 Å². The molecule has 0 saturated heterocycles. The standard InChI is InChI=1S/C30H36O9/c1-15(31)37-23-14-19-26(3,4)21(33)9-10-27(19,5)18-8-11-28(6)20(29(18,23)7)13-22(34)30(28,39-16(2)32)17-12-24(35)38-25(17)36/h9-10,12-13,18-19,23,25,36H,8,11,14H2,1-7H3. The quantitative estimate of drug-likeness (QED) is 0.423. The van der Waals surface area contributed by atoms with E-state index >= 15 is 0 Å². The van der Waals surface area contributed by atoms with Crippen molar-refractivity contribution in [1.82, 2.24) is 0 Å². The van der Waals surface area contributed by atoms with E-state index in [4.69, 9.17) is 14.2 Å². The van der Waals surface area contributed by atoms with Crippen molar-refractivity contribution in [2.45, 2.75) is 85.7 Å². The van der Waals surface area contributed by atoms with Crippen LogP contribution in [0.1, 0.15) is 67.7 Å². The van der Waals surface area contributed by atoms with Crippen LogP contribution in [-0.4, -0.2) is 52.6 Å². The number of esters is 3. The molecule has 0 aromatic carbocycles. The Kier molecular flexibility index (Phi) is 5.80. The van der Waals surface area contributed by atoms with E-state index < -0.39 is 63.3 Å². The minimum atomic E-state index is -2.00. The van der Waals surface area contributed by atoms with E-state index in [-0.39, 0.29) is 23.2 Å². The SMILES string of the molecule is CC(=O)OC1CC2C(C)(C)C(=O)C=CC2(C)C2CCC3(C)C(=CC(=O)C3(OC(C)=O)C3=CC(=O)OC3O)C12C. The monoisotopic (exact) mass is 540 g/mol. The maximum absolute atomic E-state index is 14.1. The van der Waals surface area contributed by atoms with Gasteiger partial charge in [-0.15, -0.1) is 0 Å². The number of aliphatic hydroxyl groups excluding tert-OH is 1. The Morgan fingerprint density at radius 3 is 2.21 bits per heavy atom. The van der Waals surface area contributed by atoms with Gasteiger partial charge in [0.25, 0.3) is 0 Å². The minimum absolute atomic E-state index is 0.0201. The third-order valence-corrected chi connectivity index (χ3v) is 10.7. The highest BCUT2D eigenvalue weighted by Crippen LogP contribution is 2.73. The Balaban J connectivity index is 1.73. The summed E-state index contributed by atoms with van der Waals surface area (Å²) in [5.74, 6) is -2.89. The molecule has 1 aliphatic heterocycles. The number of carbonyl (C=O) groups excluding carboxylic acids is 5. The van der Waals surface area contributed by atoms with Gasteiger partial charge in [0.2, 0.25) is 17.7 Å². The van der Waals surface area contributed by atoms with Crippen molar-refractivity contribution in [2.24, 2.45) is 33.5 Å². The summed E-state index contributed by atoms with van der Waals surface area (Å²) < 4.78 is 16.8. The fraction of sp³-hybridized carbons (Fsp3) is 0.633.